The molecule has 0 spiro atoms. The highest BCUT2D eigenvalue weighted by Crippen LogP contribution is 2.61. The van der Waals surface area contributed by atoms with E-state index in [-0.39, 0.29) is 13.2 Å². The van der Waals surface area contributed by atoms with Gasteiger partial charge in [0.2, 0.25) is 0 Å². The van der Waals surface area contributed by atoms with E-state index in [4.69, 9.17) is 9.05 Å². The van der Waals surface area contributed by atoms with Gasteiger partial charge in [-0.05, 0) is 27.7 Å². The van der Waals surface area contributed by atoms with Crippen molar-refractivity contribution >= 4 is 7.60 Å². The lowest BCUT2D eigenvalue weighted by atomic mass is 10.2. The summed E-state index contributed by atoms with van der Waals surface area (Å²) in [6.45, 7) is 5.73. The molecule has 0 aliphatic carbocycles. The van der Waals surface area contributed by atoms with Crippen LogP contribution < -0.4 is 0 Å². The van der Waals surface area contributed by atoms with Crippen LogP contribution in [0.3, 0.4) is 0 Å². The first kappa shape index (κ1) is 14.0. The second-order valence-corrected chi connectivity index (χ2v) is 5.95. The van der Waals surface area contributed by atoms with Gasteiger partial charge in [0.25, 0.3) is 6.43 Å². The Bertz CT molecular complexity index is 209. The fourth-order valence-electron chi connectivity index (χ4n) is 0.829. The summed E-state index contributed by atoms with van der Waals surface area (Å²) in [6.07, 6.45) is -2.74. The second kappa shape index (κ2) is 5.19. The lowest BCUT2D eigenvalue weighted by molar-refractivity contribution is 0.0818. The summed E-state index contributed by atoms with van der Waals surface area (Å²) < 4.78 is 46.9. The molecule has 0 fully saturated rings. The van der Waals surface area contributed by atoms with Gasteiger partial charge in [-0.1, -0.05) is 0 Å². The van der Waals surface area contributed by atoms with Crippen LogP contribution in [-0.4, -0.2) is 24.8 Å². The second-order valence-electron chi connectivity index (χ2n) is 3.29. The van der Waals surface area contributed by atoms with Crippen molar-refractivity contribution in [2.75, 3.05) is 13.2 Å². The van der Waals surface area contributed by atoms with Gasteiger partial charge in [-0.25, -0.2) is 8.78 Å². The fourth-order valence-corrected chi connectivity index (χ4v) is 2.49. The maximum atomic E-state index is 12.6. The van der Waals surface area contributed by atoms with Gasteiger partial charge >= 0.3 is 7.60 Å². The standard InChI is InChI=1S/C8H17F2O3P/c1-5-12-14(11,13-6-2)8(3,4)7(9)10/h7H,5-6H2,1-4H3. The third-order valence-corrected chi connectivity index (χ3v) is 4.64. The zero-order valence-electron chi connectivity index (χ0n) is 8.92. The van der Waals surface area contributed by atoms with Crippen molar-refractivity contribution < 1.29 is 22.4 Å². The highest BCUT2D eigenvalue weighted by Gasteiger charge is 2.50. The highest BCUT2D eigenvalue weighted by molar-refractivity contribution is 7.55. The molecule has 0 aromatic heterocycles. The Morgan fingerprint density at radius 2 is 1.57 bits per heavy atom. The molecule has 0 amide bonds. The molecule has 0 aromatic carbocycles. The SMILES string of the molecule is CCOP(=O)(OCC)C(C)(C)C(F)F. The van der Waals surface area contributed by atoms with E-state index in [0.717, 1.165) is 0 Å². The molecule has 6 heteroatoms. The van der Waals surface area contributed by atoms with Crippen molar-refractivity contribution in [3.63, 3.8) is 0 Å². The van der Waals surface area contributed by atoms with Gasteiger partial charge < -0.3 is 9.05 Å². The van der Waals surface area contributed by atoms with E-state index in [2.05, 4.69) is 0 Å². The molecular formula is C8H17F2O3P. The van der Waals surface area contributed by atoms with E-state index >= 15 is 0 Å². The van der Waals surface area contributed by atoms with E-state index < -0.39 is 19.2 Å². The molecule has 0 radical (unpaired) electrons. The topological polar surface area (TPSA) is 35.5 Å². The minimum Gasteiger partial charge on any atom is -0.308 e. The number of rotatable bonds is 6. The molecule has 0 rings (SSSR count). The summed E-state index contributed by atoms with van der Waals surface area (Å²) in [5.74, 6) is 0. The molecule has 0 bridgehead atoms. The molecule has 0 saturated heterocycles. The Hall–Kier alpha value is 0.01000. The molecule has 14 heavy (non-hydrogen) atoms. The van der Waals surface area contributed by atoms with E-state index in [1.165, 1.54) is 13.8 Å². The lowest BCUT2D eigenvalue weighted by Gasteiger charge is -2.31. The number of halogens is 2. The average molecular weight is 230 g/mol. The number of hydrogen-bond acceptors (Lipinski definition) is 3. The van der Waals surface area contributed by atoms with Crippen LogP contribution in [-0.2, 0) is 13.6 Å². The van der Waals surface area contributed by atoms with Crippen LogP contribution in [0.15, 0.2) is 0 Å². The quantitative estimate of drug-likeness (QED) is 0.657. The van der Waals surface area contributed by atoms with Crippen LogP contribution in [0.2, 0.25) is 0 Å². The van der Waals surface area contributed by atoms with Crippen LogP contribution in [0.5, 0.6) is 0 Å². The zero-order chi connectivity index (χ0) is 11.4. The summed E-state index contributed by atoms with van der Waals surface area (Å²) in [4.78, 5) is 0. The van der Waals surface area contributed by atoms with Crippen molar-refractivity contribution in [3.05, 3.63) is 0 Å². The van der Waals surface area contributed by atoms with Crippen molar-refractivity contribution in [3.8, 4) is 0 Å². The summed E-state index contributed by atoms with van der Waals surface area (Å²) in [6, 6.07) is 0. The summed E-state index contributed by atoms with van der Waals surface area (Å²) in [5.41, 5.74) is 0. The van der Waals surface area contributed by atoms with E-state index in [1.807, 2.05) is 0 Å². The highest BCUT2D eigenvalue weighted by atomic mass is 31.2. The van der Waals surface area contributed by atoms with Crippen molar-refractivity contribution in [1.29, 1.82) is 0 Å². The molecule has 0 aromatic rings. The molecule has 3 nitrogen and oxygen atoms in total. The van der Waals surface area contributed by atoms with Crippen molar-refractivity contribution in [2.45, 2.75) is 39.3 Å². The Morgan fingerprint density at radius 3 is 1.79 bits per heavy atom. The monoisotopic (exact) mass is 230 g/mol. The first-order chi connectivity index (χ1) is 6.31. The average Bonchev–Trinajstić information content (AvgIpc) is 2.04. The molecule has 0 N–H and O–H groups in total. The normalized spacial score (nSPS) is 13.6. The van der Waals surface area contributed by atoms with Gasteiger partial charge in [0, 0.05) is 0 Å². The predicted octanol–water partition coefficient (Wildman–Crippen LogP) is 3.30. The summed E-state index contributed by atoms with van der Waals surface area (Å²) >= 11 is 0. The molecule has 0 unspecified atom stereocenters. The van der Waals surface area contributed by atoms with Crippen molar-refractivity contribution in [1.82, 2.24) is 0 Å². The Morgan fingerprint density at radius 1 is 1.21 bits per heavy atom. The lowest BCUT2D eigenvalue weighted by Crippen LogP contribution is -2.31. The Kier molecular flexibility index (Phi) is 5.20. The molecule has 0 heterocycles. The smallest absolute Gasteiger partial charge is 0.308 e. The maximum absolute atomic E-state index is 12.6. The predicted molar refractivity (Wildman–Crippen MR) is 50.9 cm³/mol. The van der Waals surface area contributed by atoms with Crippen LogP contribution in [0.1, 0.15) is 27.7 Å². The minimum absolute atomic E-state index is 0.0907. The molecular weight excluding hydrogens is 213 g/mol. The van der Waals surface area contributed by atoms with Gasteiger partial charge in [0.15, 0.2) is 0 Å². The maximum Gasteiger partial charge on any atom is 0.341 e. The largest absolute Gasteiger partial charge is 0.341 e. The molecule has 0 aliphatic heterocycles. The van der Waals surface area contributed by atoms with Crippen LogP contribution in [0, 0.1) is 0 Å². The van der Waals surface area contributed by atoms with Crippen molar-refractivity contribution in [2.24, 2.45) is 0 Å². The number of alkyl halides is 2. The van der Waals surface area contributed by atoms with Gasteiger partial charge in [-0.15, -0.1) is 0 Å². The summed E-state index contributed by atoms with van der Waals surface area (Å²) in [5, 5.41) is -1.76. The van der Waals surface area contributed by atoms with Gasteiger partial charge in [-0.2, -0.15) is 0 Å². The first-order valence-corrected chi connectivity index (χ1v) is 6.03. The Labute approximate surface area is 83.3 Å². The fraction of sp³-hybridized carbons (Fsp3) is 1.00. The van der Waals surface area contributed by atoms with E-state index in [1.54, 1.807) is 13.8 Å². The third-order valence-electron chi connectivity index (χ3n) is 1.84. The zero-order valence-corrected chi connectivity index (χ0v) is 9.81. The van der Waals surface area contributed by atoms with Gasteiger partial charge in [0.05, 0.1) is 13.2 Å². The minimum atomic E-state index is -3.73. The van der Waals surface area contributed by atoms with Crippen LogP contribution in [0.4, 0.5) is 8.78 Å². The molecule has 86 valence electrons. The third kappa shape index (κ3) is 2.75. The molecule has 0 aliphatic rings. The summed E-state index contributed by atoms with van der Waals surface area (Å²) in [7, 11) is -3.73. The van der Waals surface area contributed by atoms with Crippen LogP contribution >= 0.6 is 7.60 Å². The molecule has 0 saturated carbocycles. The first-order valence-electron chi connectivity index (χ1n) is 4.49. The van der Waals surface area contributed by atoms with E-state index in [0.29, 0.717) is 0 Å². The molecule has 0 atom stereocenters. The van der Waals surface area contributed by atoms with Crippen LogP contribution in [0.25, 0.3) is 0 Å². The van der Waals surface area contributed by atoms with Gasteiger partial charge in [0.1, 0.15) is 5.16 Å². The number of hydrogen-bond donors (Lipinski definition) is 0. The van der Waals surface area contributed by atoms with Gasteiger partial charge in [-0.3, -0.25) is 4.57 Å². The Balaban J connectivity index is 4.89. The van der Waals surface area contributed by atoms with E-state index in [9.17, 15) is 13.3 Å².